The van der Waals surface area contributed by atoms with Gasteiger partial charge in [0.15, 0.2) is 11.4 Å². The lowest BCUT2D eigenvalue weighted by Gasteiger charge is -2.22. The molecule has 2 N–H and O–H groups in total. The van der Waals surface area contributed by atoms with Crippen molar-refractivity contribution < 1.29 is 19.7 Å². The first-order chi connectivity index (χ1) is 11.1. The van der Waals surface area contributed by atoms with Crippen molar-refractivity contribution in [2.45, 2.75) is 44.8 Å². The van der Waals surface area contributed by atoms with Crippen molar-refractivity contribution >= 4 is 5.97 Å². The number of hydrogen-bond donors (Lipinski definition) is 2. The summed E-state index contributed by atoms with van der Waals surface area (Å²) in [6, 6.07) is 6.69. The second-order valence-corrected chi connectivity index (χ2v) is 5.87. The molecule has 1 aromatic heterocycles. The molecule has 1 aliphatic rings. The number of hydrogen-bond acceptors (Lipinski definition) is 4. The van der Waals surface area contributed by atoms with Crippen LogP contribution in [0.1, 0.15) is 48.2 Å². The minimum atomic E-state index is -1.06. The number of aromatic hydroxyl groups is 1. The molecule has 0 unspecified atom stereocenters. The second-order valence-electron chi connectivity index (χ2n) is 5.87. The van der Waals surface area contributed by atoms with Crippen LogP contribution < -0.4 is 4.74 Å². The van der Waals surface area contributed by atoms with Crippen molar-refractivity contribution in [3.8, 4) is 11.5 Å². The zero-order valence-electron chi connectivity index (χ0n) is 12.8. The Kier molecular flexibility index (Phi) is 4.50. The molecule has 6 nitrogen and oxygen atoms in total. The van der Waals surface area contributed by atoms with Crippen LogP contribution in [0.4, 0.5) is 0 Å². The van der Waals surface area contributed by atoms with E-state index >= 15 is 0 Å². The van der Waals surface area contributed by atoms with Gasteiger partial charge in [0.1, 0.15) is 5.75 Å². The molecule has 0 bridgehead atoms. The van der Waals surface area contributed by atoms with Crippen LogP contribution >= 0.6 is 0 Å². The van der Waals surface area contributed by atoms with Crippen LogP contribution in [-0.2, 0) is 6.54 Å². The molecule has 0 aliphatic heterocycles. The van der Waals surface area contributed by atoms with Crippen LogP contribution in [0.25, 0.3) is 0 Å². The molecule has 23 heavy (non-hydrogen) atoms. The van der Waals surface area contributed by atoms with Crippen molar-refractivity contribution in [3.63, 3.8) is 0 Å². The number of nitrogens with zero attached hydrogens (tertiary/aromatic N) is 2. The molecule has 0 atom stereocenters. The monoisotopic (exact) mass is 316 g/mol. The number of phenolic OH excluding ortho intramolecular Hbond substituents is 1. The van der Waals surface area contributed by atoms with Crippen molar-refractivity contribution in [1.29, 1.82) is 0 Å². The van der Waals surface area contributed by atoms with Gasteiger partial charge in [-0.25, -0.2) is 4.79 Å². The molecule has 1 aliphatic carbocycles. The summed E-state index contributed by atoms with van der Waals surface area (Å²) >= 11 is 0. The summed E-state index contributed by atoms with van der Waals surface area (Å²) in [5, 5.41) is 23.2. The summed E-state index contributed by atoms with van der Waals surface area (Å²) in [5.74, 6) is -0.594. The molecule has 1 aromatic carbocycles. The second kappa shape index (κ2) is 6.73. The highest BCUT2D eigenvalue weighted by Crippen LogP contribution is 2.26. The van der Waals surface area contributed by atoms with E-state index in [9.17, 15) is 15.0 Å². The summed E-state index contributed by atoms with van der Waals surface area (Å²) in [4.78, 5) is 11.6. The summed E-state index contributed by atoms with van der Waals surface area (Å²) in [6.45, 7) is 0.268. The first-order valence-corrected chi connectivity index (χ1v) is 7.87. The molecule has 0 amide bonds. The molecule has 2 aromatic rings. The standard InChI is InChI=1S/C17H20N2O4/c20-13-6-4-5-12(9-13)11-19-16(17(21)22)15(10-18-19)23-14-7-2-1-3-8-14/h4-6,9-10,14,20H,1-3,7-8,11H2,(H,21,22). The molecule has 3 rings (SSSR count). The van der Waals surface area contributed by atoms with E-state index in [2.05, 4.69) is 5.10 Å². The van der Waals surface area contributed by atoms with E-state index in [1.807, 2.05) is 6.07 Å². The van der Waals surface area contributed by atoms with Crippen molar-refractivity contribution in [3.05, 3.63) is 41.7 Å². The highest BCUT2D eigenvalue weighted by Gasteiger charge is 2.23. The van der Waals surface area contributed by atoms with Crippen LogP contribution in [0.15, 0.2) is 30.5 Å². The van der Waals surface area contributed by atoms with Crippen molar-refractivity contribution in [1.82, 2.24) is 9.78 Å². The molecule has 6 heteroatoms. The van der Waals surface area contributed by atoms with E-state index in [0.717, 1.165) is 31.2 Å². The molecule has 0 saturated heterocycles. The third-order valence-corrected chi connectivity index (χ3v) is 4.10. The van der Waals surface area contributed by atoms with Crippen molar-refractivity contribution in [2.75, 3.05) is 0 Å². The van der Waals surface area contributed by atoms with Crippen molar-refractivity contribution in [2.24, 2.45) is 0 Å². The molecule has 122 valence electrons. The number of aromatic carboxylic acids is 1. The summed E-state index contributed by atoms with van der Waals surface area (Å²) < 4.78 is 7.27. The third-order valence-electron chi connectivity index (χ3n) is 4.10. The van der Waals surface area contributed by atoms with Crippen LogP contribution in [0.2, 0.25) is 0 Å². The van der Waals surface area contributed by atoms with E-state index in [1.165, 1.54) is 17.3 Å². The number of carbonyl (C=O) groups is 1. The first kappa shape index (κ1) is 15.4. The van der Waals surface area contributed by atoms with Gasteiger partial charge in [-0.05, 0) is 43.4 Å². The van der Waals surface area contributed by atoms with Crippen LogP contribution in [0.3, 0.4) is 0 Å². The normalized spacial score (nSPS) is 15.5. The van der Waals surface area contributed by atoms with Crippen LogP contribution in [0.5, 0.6) is 11.5 Å². The number of ether oxygens (including phenoxy) is 1. The zero-order chi connectivity index (χ0) is 16.2. The minimum Gasteiger partial charge on any atom is -0.508 e. The summed E-state index contributed by atoms with van der Waals surface area (Å²) in [7, 11) is 0. The first-order valence-electron chi connectivity index (χ1n) is 7.87. The Bertz CT molecular complexity index is 690. The Morgan fingerprint density at radius 2 is 2.09 bits per heavy atom. The zero-order valence-corrected chi connectivity index (χ0v) is 12.8. The largest absolute Gasteiger partial charge is 0.508 e. The number of carboxylic acid groups (broad SMARTS) is 1. The SMILES string of the molecule is O=C(O)c1c(OC2CCCCC2)cnn1Cc1cccc(O)c1. The summed E-state index contributed by atoms with van der Waals surface area (Å²) in [5.41, 5.74) is 0.832. The number of aromatic nitrogens is 2. The van der Waals surface area contributed by atoms with Gasteiger partial charge in [0.05, 0.1) is 18.8 Å². The van der Waals surface area contributed by atoms with Gasteiger partial charge >= 0.3 is 5.97 Å². The van der Waals surface area contributed by atoms with Crippen LogP contribution in [-0.4, -0.2) is 32.1 Å². The van der Waals surface area contributed by atoms with E-state index in [0.29, 0.717) is 5.75 Å². The Hall–Kier alpha value is -2.50. The average molecular weight is 316 g/mol. The van der Waals surface area contributed by atoms with Gasteiger partial charge in [0.25, 0.3) is 0 Å². The van der Waals surface area contributed by atoms with Gasteiger partial charge < -0.3 is 14.9 Å². The Morgan fingerprint density at radius 3 is 2.78 bits per heavy atom. The van der Waals surface area contributed by atoms with E-state index in [-0.39, 0.29) is 24.1 Å². The fourth-order valence-corrected chi connectivity index (χ4v) is 2.98. The lowest BCUT2D eigenvalue weighted by atomic mass is 9.98. The van der Waals surface area contributed by atoms with Gasteiger partial charge in [0.2, 0.25) is 0 Å². The lowest BCUT2D eigenvalue weighted by molar-refractivity contribution is 0.0672. The van der Waals surface area contributed by atoms with Gasteiger partial charge in [-0.1, -0.05) is 18.6 Å². The number of carboxylic acids is 1. The Labute approximate surface area is 134 Å². The molecular weight excluding hydrogens is 296 g/mol. The average Bonchev–Trinajstić information content (AvgIpc) is 2.91. The number of phenols is 1. The molecule has 1 saturated carbocycles. The van der Waals surface area contributed by atoms with E-state index in [4.69, 9.17) is 4.74 Å². The molecule has 1 heterocycles. The highest BCUT2D eigenvalue weighted by atomic mass is 16.5. The maximum Gasteiger partial charge on any atom is 0.358 e. The number of rotatable bonds is 5. The summed E-state index contributed by atoms with van der Waals surface area (Å²) in [6.07, 6.45) is 6.89. The number of benzene rings is 1. The van der Waals surface area contributed by atoms with Gasteiger partial charge in [0, 0.05) is 0 Å². The Balaban J connectivity index is 1.81. The lowest BCUT2D eigenvalue weighted by Crippen LogP contribution is -2.21. The topological polar surface area (TPSA) is 84.6 Å². The predicted molar refractivity (Wildman–Crippen MR) is 83.9 cm³/mol. The van der Waals surface area contributed by atoms with Gasteiger partial charge in [-0.2, -0.15) is 5.10 Å². The fourth-order valence-electron chi connectivity index (χ4n) is 2.98. The Morgan fingerprint density at radius 1 is 1.30 bits per heavy atom. The minimum absolute atomic E-state index is 0.0546. The maximum absolute atomic E-state index is 11.6. The maximum atomic E-state index is 11.6. The third kappa shape index (κ3) is 3.64. The highest BCUT2D eigenvalue weighted by molar-refractivity contribution is 5.88. The van der Waals surface area contributed by atoms with Crippen LogP contribution in [0, 0.1) is 0 Å². The molecule has 1 fully saturated rings. The van der Waals surface area contributed by atoms with E-state index in [1.54, 1.807) is 18.2 Å². The molecule has 0 radical (unpaired) electrons. The van der Waals surface area contributed by atoms with E-state index < -0.39 is 5.97 Å². The van der Waals surface area contributed by atoms with Gasteiger partial charge in [-0.15, -0.1) is 0 Å². The molecule has 0 spiro atoms. The quantitative estimate of drug-likeness (QED) is 0.885. The predicted octanol–water partition coefficient (Wildman–Crippen LogP) is 3.05. The molecular formula is C17H20N2O4. The fraction of sp³-hybridized carbons (Fsp3) is 0.412. The van der Waals surface area contributed by atoms with Gasteiger partial charge in [-0.3, -0.25) is 4.68 Å². The smallest absolute Gasteiger partial charge is 0.358 e.